The maximum absolute atomic E-state index is 6.27. The van der Waals surface area contributed by atoms with Gasteiger partial charge in [0.05, 0.1) is 24.9 Å². The number of rotatable bonds is 6. The first-order valence-corrected chi connectivity index (χ1v) is 8.26. The van der Waals surface area contributed by atoms with Crippen LogP contribution in [0.1, 0.15) is 11.6 Å². The van der Waals surface area contributed by atoms with Crippen LogP contribution in [-0.4, -0.2) is 37.2 Å². The summed E-state index contributed by atoms with van der Waals surface area (Å²) in [6, 6.07) is 7.46. The number of halogens is 1. The fourth-order valence-corrected chi connectivity index (χ4v) is 3.00. The van der Waals surface area contributed by atoms with Crippen molar-refractivity contribution in [1.29, 1.82) is 0 Å². The summed E-state index contributed by atoms with van der Waals surface area (Å²) in [6.45, 7) is 0.700. The lowest BCUT2D eigenvalue weighted by atomic mass is 10.1. The van der Waals surface area contributed by atoms with Crippen molar-refractivity contribution < 1.29 is 9.47 Å². The summed E-state index contributed by atoms with van der Waals surface area (Å²) in [7, 11) is 5.06. The summed E-state index contributed by atoms with van der Waals surface area (Å²) < 4.78 is 12.7. The fraction of sp³-hybridized carbons (Fsp3) is 0.278. The second-order valence-electron chi connectivity index (χ2n) is 5.70. The molecule has 0 radical (unpaired) electrons. The van der Waals surface area contributed by atoms with E-state index in [0.29, 0.717) is 23.1 Å². The van der Waals surface area contributed by atoms with Gasteiger partial charge in [0.25, 0.3) is 0 Å². The predicted octanol–water partition coefficient (Wildman–Crippen LogP) is 2.89. The number of likely N-dealkylation sites (N-methyl/N-ethyl adjacent to an activating group) is 1. The number of nitrogens with two attached hydrogens (primary N) is 1. The monoisotopic (exact) mass is 360 g/mol. The number of hydrogen-bond acceptors (Lipinski definition) is 5. The molecule has 2 heterocycles. The van der Waals surface area contributed by atoms with Gasteiger partial charge in [-0.15, -0.1) is 0 Å². The van der Waals surface area contributed by atoms with Crippen molar-refractivity contribution in [2.24, 2.45) is 5.73 Å². The number of hydrogen-bond donors (Lipinski definition) is 2. The van der Waals surface area contributed by atoms with E-state index in [2.05, 4.69) is 5.32 Å². The van der Waals surface area contributed by atoms with E-state index in [1.54, 1.807) is 26.4 Å². The number of ether oxygens (including phenoxy) is 2. The largest absolute Gasteiger partial charge is 0.496 e. The summed E-state index contributed by atoms with van der Waals surface area (Å²) in [6.07, 6.45) is 3.89. The zero-order valence-corrected chi connectivity index (χ0v) is 15.2. The van der Waals surface area contributed by atoms with Crippen LogP contribution in [0.3, 0.4) is 0 Å². The molecule has 0 saturated heterocycles. The standard InChI is InChI=1S/C18H21ClN4O2/c1-21-9-14(20)11-4-5-23-10-15(22-18(23)6-11)12-7-13(19)17(25-3)8-16(12)24-2/h4-8,10,14,21H,9,20H2,1-3H3. The molecular formula is C18H21ClN4O2. The van der Waals surface area contributed by atoms with Crippen LogP contribution < -0.4 is 20.5 Å². The van der Waals surface area contributed by atoms with Gasteiger partial charge < -0.3 is 24.9 Å². The van der Waals surface area contributed by atoms with E-state index in [1.165, 1.54) is 0 Å². The van der Waals surface area contributed by atoms with Crippen molar-refractivity contribution in [1.82, 2.24) is 14.7 Å². The first kappa shape index (κ1) is 17.5. The minimum absolute atomic E-state index is 0.0832. The van der Waals surface area contributed by atoms with E-state index in [4.69, 9.17) is 31.8 Å². The van der Waals surface area contributed by atoms with Crippen LogP contribution in [0.25, 0.3) is 16.9 Å². The molecule has 3 rings (SSSR count). The van der Waals surface area contributed by atoms with Gasteiger partial charge in [-0.3, -0.25) is 0 Å². The molecule has 7 heteroatoms. The van der Waals surface area contributed by atoms with Crippen molar-refractivity contribution in [3.05, 3.63) is 47.2 Å². The highest BCUT2D eigenvalue weighted by atomic mass is 35.5. The molecule has 0 saturated carbocycles. The normalized spacial score (nSPS) is 12.4. The smallest absolute Gasteiger partial charge is 0.141 e. The molecule has 3 aromatic rings. The van der Waals surface area contributed by atoms with Gasteiger partial charge in [-0.2, -0.15) is 0 Å². The highest BCUT2D eigenvalue weighted by Crippen LogP contribution is 2.38. The number of pyridine rings is 1. The van der Waals surface area contributed by atoms with Gasteiger partial charge in [0.2, 0.25) is 0 Å². The van der Waals surface area contributed by atoms with Crippen molar-refractivity contribution >= 4 is 17.2 Å². The molecule has 0 aliphatic carbocycles. The number of aromatic nitrogens is 2. The van der Waals surface area contributed by atoms with Crippen LogP contribution >= 0.6 is 11.6 Å². The van der Waals surface area contributed by atoms with E-state index >= 15 is 0 Å². The van der Waals surface area contributed by atoms with Gasteiger partial charge in [-0.1, -0.05) is 11.6 Å². The average molecular weight is 361 g/mol. The second kappa shape index (κ2) is 7.31. The zero-order chi connectivity index (χ0) is 18.0. The minimum Gasteiger partial charge on any atom is -0.496 e. The number of imidazole rings is 1. The summed E-state index contributed by atoms with van der Waals surface area (Å²) >= 11 is 6.27. The third-order valence-electron chi connectivity index (χ3n) is 4.09. The van der Waals surface area contributed by atoms with E-state index < -0.39 is 0 Å². The van der Waals surface area contributed by atoms with Crippen LogP contribution in [-0.2, 0) is 0 Å². The number of methoxy groups -OCH3 is 2. The Labute approximate surface area is 151 Å². The highest BCUT2D eigenvalue weighted by molar-refractivity contribution is 6.32. The fourth-order valence-electron chi connectivity index (χ4n) is 2.76. The first-order valence-electron chi connectivity index (χ1n) is 7.88. The van der Waals surface area contributed by atoms with Crippen LogP contribution in [0.5, 0.6) is 11.5 Å². The number of fused-ring (bicyclic) bond motifs is 1. The Balaban J connectivity index is 2.06. The molecule has 0 amide bonds. The molecule has 1 aromatic carbocycles. The van der Waals surface area contributed by atoms with Gasteiger partial charge in [0.1, 0.15) is 17.1 Å². The average Bonchev–Trinajstić information content (AvgIpc) is 3.04. The van der Waals surface area contributed by atoms with Gasteiger partial charge in [0.15, 0.2) is 0 Å². The lowest BCUT2D eigenvalue weighted by Crippen LogP contribution is -2.23. The topological polar surface area (TPSA) is 73.8 Å². The van der Waals surface area contributed by atoms with Gasteiger partial charge in [-0.25, -0.2) is 4.98 Å². The highest BCUT2D eigenvalue weighted by Gasteiger charge is 2.15. The lowest BCUT2D eigenvalue weighted by Gasteiger charge is -2.11. The van der Waals surface area contributed by atoms with Crippen molar-refractivity contribution in [3.63, 3.8) is 0 Å². The maximum Gasteiger partial charge on any atom is 0.141 e. The molecule has 0 aliphatic heterocycles. The Morgan fingerprint density at radius 1 is 1.24 bits per heavy atom. The molecule has 25 heavy (non-hydrogen) atoms. The van der Waals surface area contributed by atoms with Gasteiger partial charge >= 0.3 is 0 Å². The van der Waals surface area contributed by atoms with E-state index in [-0.39, 0.29) is 6.04 Å². The quantitative estimate of drug-likeness (QED) is 0.707. The van der Waals surface area contributed by atoms with E-state index in [9.17, 15) is 0 Å². The van der Waals surface area contributed by atoms with Crippen LogP contribution in [0, 0.1) is 0 Å². The molecule has 1 unspecified atom stereocenters. The SMILES string of the molecule is CNCC(N)c1ccn2cc(-c3cc(Cl)c(OC)cc3OC)nc2c1. The number of nitrogens with one attached hydrogen (secondary N) is 1. The second-order valence-corrected chi connectivity index (χ2v) is 6.11. The third-order valence-corrected chi connectivity index (χ3v) is 4.38. The Hall–Kier alpha value is -2.28. The molecule has 1 atom stereocenters. The molecular weight excluding hydrogens is 340 g/mol. The summed E-state index contributed by atoms with van der Waals surface area (Å²) in [4.78, 5) is 4.70. The van der Waals surface area contributed by atoms with Crippen molar-refractivity contribution in [3.8, 4) is 22.8 Å². The molecule has 132 valence electrons. The Morgan fingerprint density at radius 3 is 2.68 bits per heavy atom. The molecule has 0 fully saturated rings. The Kier molecular flexibility index (Phi) is 5.13. The number of benzene rings is 1. The third kappa shape index (κ3) is 3.42. The lowest BCUT2D eigenvalue weighted by molar-refractivity contribution is 0.395. The van der Waals surface area contributed by atoms with Crippen LogP contribution in [0.4, 0.5) is 0 Å². The molecule has 2 aromatic heterocycles. The van der Waals surface area contributed by atoms with E-state index in [0.717, 1.165) is 22.5 Å². The van der Waals surface area contributed by atoms with Gasteiger partial charge in [-0.05, 0) is 30.8 Å². The molecule has 3 N–H and O–H groups in total. The Bertz CT molecular complexity index is 894. The molecule has 0 bridgehead atoms. The summed E-state index contributed by atoms with van der Waals surface area (Å²) in [5.41, 5.74) is 9.57. The maximum atomic E-state index is 6.27. The van der Waals surface area contributed by atoms with Crippen molar-refractivity contribution in [2.75, 3.05) is 27.8 Å². The van der Waals surface area contributed by atoms with Gasteiger partial charge in [0, 0.05) is 36.6 Å². The Morgan fingerprint density at radius 2 is 2.00 bits per heavy atom. The van der Waals surface area contributed by atoms with Crippen molar-refractivity contribution in [2.45, 2.75) is 6.04 Å². The van der Waals surface area contributed by atoms with Crippen LogP contribution in [0.15, 0.2) is 36.7 Å². The summed E-state index contributed by atoms with van der Waals surface area (Å²) in [5.74, 6) is 1.21. The minimum atomic E-state index is -0.0832. The van der Waals surface area contributed by atoms with E-state index in [1.807, 2.05) is 36.0 Å². The molecule has 0 aliphatic rings. The van der Waals surface area contributed by atoms with Crippen LogP contribution in [0.2, 0.25) is 5.02 Å². The first-order chi connectivity index (χ1) is 12.1. The predicted molar refractivity (Wildman–Crippen MR) is 99.6 cm³/mol. The molecule has 0 spiro atoms. The zero-order valence-electron chi connectivity index (χ0n) is 14.4. The number of nitrogens with zero attached hydrogens (tertiary/aromatic N) is 2. The molecule has 6 nitrogen and oxygen atoms in total. The summed E-state index contributed by atoms with van der Waals surface area (Å²) in [5, 5.41) is 3.59.